The third kappa shape index (κ3) is 2.15. The summed E-state index contributed by atoms with van der Waals surface area (Å²) in [4.78, 5) is 2.53. The maximum atomic E-state index is 6.39. The zero-order valence-electron chi connectivity index (χ0n) is 13.6. The van der Waals surface area contributed by atoms with Gasteiger partial charge >= 0.3 is 0 Å². The SMILES string of the molecule is CC(N1CCOCC1)C1(C)OCCC2=C1Cc1ccccc12. The Morgan fingerprint density at radius 2 is 1.91 bits per heavy atom. The van der Waals surface area contributed by atoms with Crippen LogP contribution in [0.2, 0.25) is 0 Å². The minimum Gasteiger partial charge on any atom is -0.379 e. The van der Waals surface area contributed by atoms with Crippen molar-refractivity contribution in [1.82, 2.24) is 4.90 Å². The zero-order valence-corrected chi connectivity index (χ0v) is 13.6. The predicted octanol–water partition coefficient (Wildman–Crippen LogP) is 2.90. The van der Waals surface area contributed by atoms with Gasteiger partial charge in [-0.15, -0.1) is 0 Å². The van der Waals surface area contributed by atoms with Crippen molar-refractivity contribution in [3.8, 4) is 0 Å². The molecule has 3 nitrogen and oxygen atoms in total. The van der Waals surface area contributed by atoms with E-state index in [0.717, 1.165) is 45.8 Å². The van der Waals surface area contributed by atoms with E-state index >= 15 is 0 Å². The molecule has 0 amide bonds. The second kappa shape index (κ2) is 5.48. The molecule has 0 bridgehead atoms. The summed E-state index contributed by atoms with van der Waals surface area (Å²) < 4.78 is 11.9. The van der Waals surface area contributed by atoms with E-state index in [1.54, 1.807) is 5.57 Å². The number of rotatable bonds is 2. The van der Waals surface area contributed by atoms with Crippen molar-refractivity contribution in [2.24, 2.45) is 0 Å². The van der Waals surface area contributed by atoms with Gasteiger partial charge in [0.25, 0.3) is 0 Å². The fourth-order valence-corrected chi connectivity index (χ4v) is 4.33. The molecule has 22 heavy (non-hydrogen) atoms. The topological polar surface area (TPSA) is 21.7 Å². The highest BCUT2D eigenvalue weighted by Crippen LogP contribution is 2.46. The molecule has 1 aliphatic carbocycles. The lowest BCUT2D eigenvalue weighted by Gasteiger charge is -2.46. The van der Waals surface area contributed by atoms with Gasteiger partial charge in [0, 0.05) is 19.1 Å². The minimum absolute atomic E-state index is 0.177. The zero-order chi connectivity index (χ0) is 15.2. The first-order valence-corrected chi connectivity index (χ1v) is 8.46. The Labute approximate surface area is 132 Å². The van der Waals surface area contributed by atoms with Crippen LogP contribution in [-0.4, -0.2) is 49.5 Å². The summed E-state index contributed by atoms with van der Waals surface area (Å²) in [5.74, 6) is 0. The van der Waals surface area contributed by atoms with E-state index in [1.165, 1.54) is 16.7 Å². The van der Waals surface area contributed by atoms with Gasteiger partial charge in [-0.2, -0.15) is 0 Å². The third-order valence-electron chi connectivity index (χ3n) is 5.82. The van der Waals surface area contributed by atoms with Crippen LogP contribution in [0.25, 0.3) is 5.57 Å². The van der Waals surface area contributed by atoms with Gasteiger partial charge in [0.1, 0.15) is 5.60 Å². The Morgan fingerprint density at radius 1 is 1.14 bits per heavy atom. The summed E-state index contributed by atoms with van der Waals surface area (Å²) in [5.41, 5.74) is 5.81. The molecule has 1 saturated heterocycles. The molecular weight excluding hydrogens is 274 g/mol. The largest absolute Gasteiger partial charge is 0.379 e. The molecule has 1 fully saturated rings. The molecule has 3 aliphatic rings. The van der Waals surface area contributed by atoms with Crippen LogP contribution in [0.1, 0.15) is 31.4 Å². The van der Waals surface area contributed by atoms with Crippen molar-refractivity contribution in [2.75, 3.05) is 32.9 Å². The monoisotopic (exact) mass is 299 g/mol. The van der Waals surface area contributed by atoms with E-state index < -0.39 is 0 Å². The number of hydrogen-bond donors (Lipinski definition) is 0. The molecule has 0 N–H and O–H groups in total. The maximum Gasteiger partial charge on any atom is 0.102 e. The predicted molar refractivity (Wildman–Crippen MR) is 87.9 cm³/mol. The van der Waals surface area contributed by atoms with Crippen LogP contribution in [0.5, 0.6) is 0 Å². The second-order valence-electron chi connectivity index (χ2n) is 6.82. The molecule has 2 heterocycles. The van der Waals surface area contributed by atoms with E-state index in [1.807, 2.05) is 0 Å². The van der Waals surface area contributed by atoms with Crippen molar-refractivity contribution in [3.63, 3.8) is 0 Å². The standard InChI is InChI=1S/C19H25NO2/c1-14(20-8-11-21-12-9-20)19(2)18-13-15-5-3-4-6-16(15)17(18)7-10-22-19/h3-6,14H,7-13H2,1-2H3. The first kappa shape index (κ1) is 14.4. The van der Waals surface area contributed by atoms with Crippen LogP contribution in [-0.2, 0) is 15.9 Å². The van der Waals surface area contributed by atoms with E-state index in [9.17, 15) is 0 Å². The third-order valence-corrected chi connectivity index (χ3v) is 5.82. The fraction of sp³-hybridized carbons (Fsp3) is 0.579. The molecule has 4 rings (SSSR count). The first-order valence-electron chi connectivity index (χ1n) is 8.46. The van der Waals surface area contributed by atoms with Gasteiger partial charge in [0.2, 0.25) is 0 Å². The van der Waals surface area contributed by atoms with E-state index in [2.05, 4.69) is 43.0 Å². The summed E-state index contributed by atoms with van der Waals surface area (Å²) in [7, 11) is 0. The summed E-state index contributed by atoms with van der Waals surface area (Å²) >= 11 is 0. The van der Waals surface area contributed by atoms with Gasteiger partial charge in [0.05, 0.1) is 19.8 Å². The van der Waals surface area contributed by atoms with Crippen molar-refractivity contribution in [1.29, 1.82) is 0 Å². The molecule has 1 aromatic carbocycles. The van der Waals surface area contributed by atoms with Crippen molar-refractivity contribution < 1.29 is 9.47 Å². The first-order chi connectivity index (χ1) is 10.7. The van der Waals surface area contributed by atoms with E-state index in [4.69, 9.17) is 9.47 Å². The van der Waals surface area contributed by atoms with Crippen LogP contribution < -0.4 is 0 Å². The number of fused-ring (bicyclic) bond motifs is 2. The number of benzene rings is 1. The second-order valence-corrected chi connectivity index (χ2v) is 6.82. The molecule has 3 heteroatoms. The molecule has 1 aromatic rings. The Balaban J connectivity index is 1.68. The van der Waals surface area contributed by atoms with Crippen LogP contribution in [0.4, 0.5) is 0 Å². The van der Waals surface area contributed by atoms with Crippen LogP contribution in [0.15, 0.2) is 29.8 Å². The average molecular weight is 299 g/mol. The van der Waals surface area contributed by atoms with Crippen LogP contribution in [0.3, 0.4) is 0 Å². The van der Waals surface area contributed by atoms with Gasteiger partial charge < -0.3 is 9.47 Å². The number of hydrogen-bond acceptors (Lipinski definition) is 3. The molecule has 2 aliphatic heterocycles. The summed E-state index contributed by atoms with van der Waals surface area (Å²) in [6.07, 6.45) is 2.11. The summed E-state index contributed by atoms with van der Waals surface area (Å²) in [6, 6.07) is 9.25. The summed E-state index contributed by atoms with van der Waals surface area (Å²) in [5, 5.41) is 0. The molecule has 0 radical (unpaired) electrons. The smallest absolute Gasteiger partial charge is 0.102 e. The highest BCUT2D eigenvalue weighted by molar-refractivity contribution is 5.78. The number of morpholine rings is 1. The molecular formula is C19H25NO2. The number of nitrogens with zero attached hydrogens (tertiary/aromatic N) is 1. The van der Waals surface area contributed by atoms with Crippen molar-refractivity contribution in [2.45, 2.75) is 38.3 Å². The van der Waals surface area contributed by atoms with Gasteiger partial charge in [0.15, 0.2) is 0 Å². The van der Waals surface area contributed by atoms with Crippen molar-refractivity contribution in [3.05, 3.63) is 41.0 Å². The molecule has 2 unspecified atom stereocenters. The Hall–Kier alpha value is -1.16. The average Bonchev–Trinajstić information content (AvgIpc) is 2.96. The van der Waals surface area contributed by atoms with Crippen molar-refractivity contribution >= 4 is 5.57 Å². The molecule has 0 saturated carbocycles. The molecule has 2 atom stereocenters. The van der Waals surface area contributed by atoms with E-state index in [0.29, 0.717) is 6.04 Å². The van der Waals surface area contributed by atoms with Gasteiger partial charge in [-0.05, 0) is 49.0 Å². The molecule has 0 aromatic heterocycles. The van der Waals surface area contributed by atoms with Gasteiger partial charge in [-0.25, -0.2) is 0 Å². The highest BCUT2D eigenvalue weighted by Gasteiger charge is 2.45. The van der Waals surface area contributed by atoms with Gasteiger partial charge in [-0.1, -0.05) is 24.3 Å². The molecule has 0 spiro atoms. The Morgan fingerprint density at radius 3 is 2.73 bits per heavy atom. The van der Waals surface area contributed by atoms with E-state index in [-0.39, 0.29) is 5.60 Å². The Kier molecular flexibility index (Phi) is 3.60. The highest BCUT2D eigenvalue weighted by atomic mass is 16.5. The lowest BCUT2D eigenvalue weighted by atomic mass is 9.82. The quantitative estimate of drug-likeness (QED) is 0.838. The normalized spacial score (nSPS) is 30.1. The minimum atomic E-state index is -0.177. The van der Waals surface area contributed by atoms with Gasteiger partial charge in [-0.3, -0.25) is 4.90 Å². The maximum absolute atomic E-state index is 6.39. The number of ether oxygens (including phenoxy) is 2. The Bertz CT molecular complexity index is 603. The fourth-order valence-electron chi connectivity index (χ4n) is 4.33. The van der Waals surface area contributed by atoms with Crippen LogP contribution >= 0.6 is 0 Å². The molecule has 118 valence electrons. The lowest BCUT2D eigenvalue weighted by Crippen LogP contribution is -2.56. The lowest BCUT2D eigenvalue weighted by molar-refractivity contribution is -0.0854. The summed E-state index contributed by atoms with van der Waals surface area (Å²) in [6.45, 7) is 9.15. The van der Waals surface area contributed by atoms with Crippen LogP contribution in [0, 0.1) is 0 Å².